The molecule has 0 aliphatic carbocycles. The second-order valence-electron chi connectivity index (χ2n) is 5.78. The predicted octanol–water partition coefficient (Wildman–Crippen LogP) is 1.08. The highest BCUT2D eigenvalue weighted by Gasteiger charge is 2.19. The summed E-state index contributed by atoms with van der Waals surface area (Å²) >= 11 is 0. The third-order valence-electron chi connectivity index (χ3n) is 4.11. The van der Waals surface area contributed by atoms with E-state index in [0.29, 0.717) is 0 Å². The van der Waals surface area contributed by atoms with Gasteiger partial charge in [0, 0.05) is 45.1 Å². The van der Waals surface area contributed by atoms with Crippen LogP contribution in [0.15, 0.2) is 30.9 Å². The number of nitrogens with zero attached hydrogens (tertiary/aromatic N) is 6. The fraction of sp³-hybridized carbons (Fsp3) is 0.400. The van der Waals surface area contributed by atoms with Crippen LogP contribution in [0.1, 0.15) is 11.3 Å². The van der Waals surface area contributed by atoms with Crippen molar-refractivity contribution in [2.75, 3.05) is 31.1 Å². The van der Waals surface area contributed by atoms with Crippen LogP contribution in [0.25, 0.3) is 5.65 Å². The Morgan fingerprint density at radius 2 is 2.00 bits per heavy atom. The average Bonchev–Trinajstić information content (AvgIpc) is 3.16. The van der Waals surface area contributed by atoms with E-state index in [1.54, 1.807) is 6.33 Å². The molecule has 1 N–H and O–H groups in total. The first-order chi connectivity index (χ1) is 10.8. The van der Waals surface area contributed by atoms with Crippen LogP contribution in [0, 0.1) is 6.92 Å². The Morgan fingerprint density at radius 1 is 1.14 bits per heavy atom. The molecule has 4 heterocycles. The molecule has 3 aromatic rings. The first-order valence-electron chi connectivity index (χ1n) is 7.55. The van der Waals surface area contributed by atoms with E-state index in [4.69, 9.17) is 4.98 Å². The van der Waals surface area contributed by atoms with Gasteiger partial charge in [0.05, 0.1) is 5.69 Å². The Morgan fingerprint density at radius 3 is 2.77 bits per heavy atom. The van der Waals surface area contributed by atoms with Crippen molar-refractivity contribution in [3.63, 3.8) is 0 Å². The molecule has 0 bridgehead atoms. The van der Waals surface area contributed by atoms with Gasteiger partial charge in [0.25, 0.3) is 0 Å². The average molecular weight is 297 g/mol. The summed E-state index contributed by atoms with van der Waals surface area (Å²) in [5.74, 6) is 0.864. The van der Waals surface area contributed by atoms with Crippen LogP contribution in [-0.2, 0) is 6.54 Å². The van der Waals surface area contributed by atoms with Crippen LogP contribution in [0.3, 0.4) is 0 Å². The SMILES string of the molecule is Cc1ccc2nc(CN3CCN(c4ncn[nH]4)CC3)cn2c1. The van der Waals surface area contributed by atoms with Crippen molar-refractivity contribution in [2.45, 2.75) is 13.5 Å². The van der Waals surface area contributed by atoms with Gasteiger partial charge in [-0.1, -0.05) is 6.07 Å². The van der Waals surface area contributed by atoms with Gasteiger partial charge in [0.1, 0.15) is 12.0 Å². The van der Waals surface area contributed by atoms with E-state index in [2.05, 4.69) is 60.8 Å². The van der Waals surface area contributed by atoms with Gasteiger partial charge >= 0.3 is 0 Å². The molecule has 1 fully saturated rings. The standard InChI is InChI=1S/C15H19N7/c1-12-2-3-14-18-13(10-22(14)8-12)9-20-4-6-21(7-5-20)15-16-11-17-19-15/h2-3,8,10-11H,4-7,9H2,1H3,(H,16,17,19). The van der Waals surface area contributed by atoms with E-state index < -0.39 is 0 Å². The molecule has 0 aromatic carbocycles. The van der Waals surface area contributed by atoms with Gasteiger partial charge in [0.2, 0.25) is 5.95 Å². The molecule has 22 heavy (non-hydrogen) atoms. The summed E-state index contributed by atoms with van der Waals surface area (Å²) < 4.78 is 2.11. The van der Waals surface area contributed by atoms with Crippen molar-refractivity contribution in [1.29, 1.82) is 0 Å². The molecule has 7 heteroatoms. The number of pyridine rings is 1. The zero-order chi connectivity index (χ0) is 14.9. The second-order valence-corrected chi connectivity index (χ2v) is 5.78. The Kier molecular flexibility index (Phi) is 3.27. The zero-order valence-corrected chi connectivity index (χ0v) is 12.6. The number of fused-ring (bicyclic) bond motifs is 1. The first-order valence-corrected chi connectivity index (χ1v) is 7.55. The maximum atomic E-state index is 4.70. The van der Waals surface area contributed by atoms with Crippen LogP contribution in [-0.4, -0.2) is 55.6 Å². The molecule has 4 rings (SSSR count). The molecular formula is C15H19N7. The summed E-state index contributed by atoms with van der Waals surface area (Å²) in [7, 11) is 0. The number of anilines is 1. The molecular weight excluding hydrogens is 278 g/mol. The number of aromatic amines is 1. The van der Waals surface area contributed by atoms with Gasteiger partial charge in [-0.15, -0.1) is 0 Å². The van der Waals surface area contributed by atoms with Crippen molar-refractivity contribution in [3.8, 4) is 0 Å². The maximum absolute atomic E-state index is 4.70. The molecule has 0 radical (unpaired) electrons. The third-order valence-corrected chi connectivity index (χ3v) is 4.11. The molecule has 7 nitrogen and oxygen atoms in total. The number of H-pyrrole nitrogens is 1. The van der Waals surface area contributed by atoms with Crippen LogP contribution in [0.5, 0.6) is 0 Å². The van der Waals surface area contributed by atoms with Gasteiger partial charge in [-0.05, 0) is 18.6 Å². The van der Waals surface area contributed by atoms with Crippen molar-refractivity contribution in [2.24, 2.45) is 0 Å². The van der Waals surface area contributed by atoms with Crippen molar-refractivity contribution in [1.82, 2.24) is 29.5 Å². The van der Waals surface area contributed by atoms with Gasteiger partial charge in [-0.2, -0.15) is 10.1 Å². The van der Waals surface area contributed by atoms with Crippen LogP contribution in [0.4, 0.5) is 5.95 Å². The fourth-order valence-corrected chi connectivity index (χ4v) is 2.93. The summed E-state index contributed by atoms with van der Waals surface area (Å²) in [5, 5.41) is 6.84. The lowest BCUT2D eigenvalue weighted by Gasteiger charge is -2.33. The number of imidazole rings is 1. The normalized spacial score (nSPS) is 16.5. The first kappa shape index (κ1) is 13.3. The molecule has 114 valence electrons. The number of nitrogens with one attached hydrogen (secondary N) is 1. The van der Waals surface area contributed by atoms with Crippen molar-refractivity contribution in [3.05, 3.63) is 42.1 Å². The third kappa shape index (κ3) is 2.55. The largest absolute Gasteiger partial charge is 0.339 e. The number of piperazine rings is 1. The highest BCUT2D eigenvalue weighted by Crippen LogP contribution is 2.13. The predicted molar refractivity (Wildman–Crippen MR) is 83.8 cm³/mol. The summed E-state index contributed by atoms with van der Waals surface area (Å²) in [5.41, 5.74) is 3.39. The molecule has 1 saturated heterocycles. The molecule has 3 aromatic heterocycles. The van der Waals surface area contributed by atoms with Crippen LogP contribution in [0.2, 0.25) is 0 Å². The number of aromatic nitrogens is 5. The highest BCUT2D eigenvalue weighted by atomic mass is 15.4. The number of rotatable bonds is 3. The van der Waals surface area contributed by atoms with E-state index in [-0.39, 0.29) is 0 Å². The minimum absolute atomic E-state index is 0.864. The second kappa shape index (κ2) is 5.42. The lowest BCUT2D eigenvalue weighted by molar-refractivity contribution is 0.246. The highest BCUT2D eigenvalue weighted by molar-refractivity contribution is 5.41. The molecule has 0 atom stereocenters. The van der Waals surface area contributed by atoms with E-state index in [1.807, 2.05) is 0 Å². The topological polar surface area (TPSA) is 65.4 Å². The van der Waals surface area contributed by atoms with E-state index in [1.165, 1.54) is 5.56 Å². The van der Waals surface area contributed by atoms with Crippen LogP contribution < -0.4 is 4.90 Å². The maximum Gasteiger partial charge on any atom is 0.221 e. The number of aryl methyl sites for hydroxylation is 1. The summed E-state index contributed by atoms with van der Waals surface area (Å²) in [6.45, 7) is 6.93. The Bertz CT molecular complexity index is 753. The Labute approximate surface area is 128 Å². The fourth-order valence-electron chi connectivity index (χ4n) is 2.93. The van der Waals surface area contributed by atoms with Gasteiger partial charge in [-0.25, -0.2) is 10.1 Å². The van der Waals surface area contributed by atoms with E-state index in [9.17, 15) is 0 Å². The van der Waals surface area contributed by atoms with Crippen LogP contribution >= 0.6 is 0 Å². The molecule has 1 aliphatic rings. The zero-order valence-electron chi connectivity index (χ0n) is 12.6. The summed E-state index contributed by atoms with van der Waals surface area (Å²) in [6.07, 6.45) is 5.80. The minimum atomic E-state index is 0.864. The van der Waals surface area contributed by atoms with Gasteiger partial charge in [-0.3, -0.25) is 4.90 Å². The Balaban J connectivity index is 1.41. The van der Waals surface area contributed by atoms with E-state index in [0.717, 1.165) is 50.0 Å². The molecule has 1 aliphatic heterocycles. The number of hydrogen-bond acceptors (Lipinski definition) is 5. The lowest BCUT2D eigenvalue weighted by atomic mass is 10.3. The summed E-state index contributed by atoms with van der Waals surface area (Å²) in [4.78, 5) is 13.6. The summed E-state index contributed by atoms with van der Waals surface area (Å²) in [6, 6.07) is 4.17. The minimum Gasteiger partial charge on any atom is -0.339 e. The molecule has 0 amide bonds. The van der Waals surface area contributed by atoms with Crippen molar-refractivity contribution < 1.29 is 0 Å². The molecule has 0 spiro atoms. The van der Waals surface area contributed by atoms with E-state index >= 15 is 0 Å². The van der Waals surface area contributed by atoms with Crippen molar-refractivity contribution >= 4 is 11.6 Å². The van der Waals surface area contributed by atoms with Gasteiger partial charge < -0.3 is 9.30 Å². The van der Waals surface area contributed by atoms with Gasteiger partial charge in [0.15, 0.2) is 0 Å². The molecule has 0 unspecified atom stereocenters. The molecule has 0 saturated carbocycles. The number of hydrogen-bond donors (Lipinski definition) is 1. The Hall–Kier alpha value is -2.41. The quantitative estimate of drug-likeness (QED) is 0.784. The lowest BCUT2D eigenvalue weighted by Crippen LogP contribution is -2.46. The monoisotopic (exact) mass is 297 g/mol. The smallest absolute Gasteiger partial charge is 0.221 e.